The Kier molecular flexibility index (Phi) is 5.31. The van der Waals surface area contributed by atoms with Gasteiger partial charge >= 0.3 is 0 Å². The third-order valence-electron chi connectivity index (χ3n) is 3.60. The van der Waals surface area contributed by atoms with Crippen molar-refractivity contribution in [1.29, 1.82) is 0 Å². The number of aromatic nitrogens is 1. The smallest absolute Gasteiger partial charge is 0.0809 e. The van der Waals surface area contributed by atoms with Crippen molar-refractivity contribution in [3.05, 3.63) is 29.3 Å². The van der Waals surface area contributed by atoms with Crippen molar-refractivity contribution in [2.45, 2.75) is 26.8 Å². The molecule has 3 nitrogen and oxygen atoms in total. The Morgan fingerprint density at radius 2 is 2.16 bits per heavy atom. The second-order valence-corrected chi connectivity index (χ2v) is 5.72. The number of rotatable bonds is 7. The van der Waals surface area contributed by atoms with Crippen molar-refractivity contribution < 1.29 is 0 Å². The van der Waals surface area contributed by atoms with Gasteiger partial charge in [0.2, 0.25) is 0 Å². The van der Waals surface area contributed by atoms with Crippen LogP contribution in [0.25, 0.3) is 10.2 Å². The van der Waals surface area contributed by atoms with Crippen LogP contribution in [0.5, 0.6) is 0 Å². The van der Waals surface area contributed by atoms with Crippen LogP contribution in [-0.2, 0) is 0 Å². The van der Waals surface area contributed by atoms with E-state index < -0.39 is 0 Å². The van der Waals surface area contributed by atoms with E-state index in [4.69, 9.17) is 0 Å². The summed E-state index contributed by atoms with van der Waals surface area (Å²) in [6.45, 7) is 11.0. The first kappa shape index (κ1) is 14.4. The van der Waals surface area contributed by atoms with Gasteiger partial charge in [0.25, 0.3) is 0 Å². The highest BCUT2D eigenvalue weighted by Crippen LogP contribution is 2.22. The minimum Gasteiger partial charge on any atom is -0.309 e. The summed E-state index contributed by atoms with van der Waals surface area (Å²) in [4.78, 5) is 6.93. The number of fused-ring (bicyclic) bond motifs is 1. The van der Waals surface area contributed by atoms with Gasteiger partial charge in [0, 0.05) is 25.3 Å². The summed E-state index contributed by atoms with van der Waals surface area (Å²) in [6, 6.07) is 4.68. The minimum absolute atomic E-state index is 0.356. The van der Waals surface area contributed by atoms with Crippen LogP contribution in [0.1, 0.15) is 32.4 Å². The summed E-state index contributed by atoms with van der Waals surface area (Å²) >= 11 is 1.76. The molecule has 0 aliphatic carbocycles. The fraction of sp³-hybridized carbons (Fsp3) is 0.533. The van der Waals surface area contributed by atoms with Crippen LogP contribution in [0.3, 0.4) is 0 Å². The van der Waals surface area contributed by atoms with Crippen LogP contribution >= 0.6 is 11.3 Å². The molecule has 0 aromatic carbocycles. The van der Waals surface area contributed by atoms with Gasteiger partial charge in [-0.15, -0.1) is 11.3 Å². The Bertz CT molecular complexity index is 505. The molecule has 104 valence electrons. The summed E-state index contributed by atoms with van der Waals surface area (Å²) < 4.78 is 1.27. The van der Waals surface area contributed by atoms with E-state index in [0.717, 1.165) is 31.7 Å². The maximum atomic E-state index is 4.50. The number of pyridine rings is 1. The Morgan fingerprint density at radius 3 is 2.89 bits per heavy atom. The molecular weight excluding hydrogens is 254 g/mol. The lowest BCUT2D eigenvalue weighted by Gasteiger charge is -2.20. The van der Waals surface area contributed by atoms with Crippen LogP contribution in [0.2, 0.25) is 0 Å². The normalized spacial score (nSPS) is 13.3. The molecule has 0 aliphatic heterocycles. The summed E-state index contributed by atoms with van der Waals surface area (Å²) in [5.41, 5.74) is 2.37. The zero-order valence-corrected chi connectivity index (χ0v) is 12.8. The van der Waals surface area contributed by atoms with E-state index in [9.17, 15) is 0 Å². The molecule has 1 atom stereocenters. The van der Waals surface area contributed by atoms with E-state index in [1.165, 1.54) is 10.3 Å². The monoisotopic (exact) mass is 277 g/mol. The first-order chi connectivity index (χ1) is 9.24. The van der Waals surface area contributed by atoms with Crippen molar-refractivity contribution >= 4 is 21.6 Å². The maximum absolute atomic E-state index is 4.50. The highest BCUT2D eigenvalue weighted by atomic mass is 32.1. The molecule has 0 aliphatic rings. The van der Waals surface area contributed by atoms with Crippen LogP contribution in [0.4, 0.5) is 0 Å². The van der Waals surface area contributed by atoms with E-state index in [-0.39, 0.29) is 0 Å². The molecule has 1 N–H and O–H groups in total. The quantitative estimate of drug-likeness (QED) is 0.842. The van der Waals surface area contributed by atoms with Gasteiger partial charge in [-0.2, -0.15) is 0 Å². The molecule has 0 spiro atoms. The van der Waals surface area contributed by atoms with E-state index in [0.29, 0.717) is 6.04 Å². The van der Waals surface area contributed by atoms with Gasteiger partial charge in [0.1, 0.15) is 0 Å². The molecule has 0 bridgehead atoms. The van der Waals surface area contributed by atoms with Crippen molar-refractivity contribution in [3.63, 3.8) is 0 Å². The van der Waals surface area contributed by atoms with Crippen molar-refractivity contribution in [1.82, 2.24) is 15.2 Å². The summed E-state index contributed by atoms with van der Waals surface area (Å²) in [5.74, 6) is 0. The molecule has 2 rings (SSSR count). The molecule has 0 amide bonds. The molecular formula is C15H23N3S. The van der Waals surface area contributed by atoms with Gasteiger partial charge < -0.3 is 10.2 Å². The average Bonchev–Trinajstić information content (AvgIpc) is 2.90. The lowest BCUT2D eigenvalue weighted by Crippen LogP contribution is -2.33. The standard InChI is InChI=1S/C15H23N3S/c1-4-18(5-2)8-7-16-12(3)13-10-15-14(17-11-13)6-9-19-15/h6,9-12,16H,4-5,7-8H2,1-3H3. The predicted molar refractivity (Wildman–Crippen MR) is 83.8 cm³/mol. The van der Waals surface area contributed by atoms with Gasteiger partial charge in [-0.1, -0.05) is 13.8 Å². The average molecular weight is 277 g/mol. The maximum Gasteiger partial charge on any atom is 0.0809 e. The van der Waals surface area contributed by atoms with Gasteiger partial charge in [-0.05, 0) is 43.1 Å². The third kappa shape index (κ3) is 3.75. The van der Waals surface area contributed by atoms with Gasteiger partial charge in [-0.25, -0.2) is 0 Å². The summed E-state index contributed by atoms with van der Waals surface area (Å²) in [5, 5.41) is 5.68. The Hall–Kier alpha value is -0.970. The number of nitrogens with one attached hydrogen (secondary N) is 1. The Balaban J connectivity index is 1.90. The second kappa shape index (κ2) is 6.98. The number of thiophene rings is 1. The molecule has 1 unspecified atom stereocenters. The lowest BCUT2D eigenvalue weighted by molar-refractivity contribution is 0.298. The third-order valence-corrected chi connectivity index (χ3v) is 4.45. The van der Waals surface area contributed by atoms with Gasteiger partial charge in [-0.3, -0.25) is 4.98 Å². The van der Waals surface area contributed by atoms with Crippen LogP contribution < -0.4 is 5.32 Å². The lowest BCUT2D eigenvalue weighted by atomic mass is 10.1. The van der Waals surface area contributed by atoms with Crippen LogP contribution in [0, 0.1) is 0 Å². The van der Waals surface area contributed by atoms with Crippen molar-refractivity contribution in [2.24, 2.45) is 0 Å². The zero-order chi connectivity index (χ0) is 13.7. The van der Waals surface area contributed by atoms with Gasteiger partial charge in [0.15, 0.2) is 0 Å². The topological polar surface area (TPSA) is 28.2 Å². The number of hydrogen-bond donors (Lipinski definition) is 1. The first-order valence-corrected chi connectivity index (χ1v) is 7.91. The fourth-order valence-electron chi connectivity index (χ4n) is 2.20. The highest BCUT2D eigenvalue weighted by molar-refractivity contribution is 7.17. The van der Waals surface area contributed by atoms with Crippen LogP contribution in [0.15, 0.2) is 23.7 Å². The molecule has 19 heavy (non-hydrogen) atoms. The highest BCUT2D eigenvalue weighted by Gasteiger charge is 2.07. The number of likely N-dealkylation sites (N-methyl/N-ethyl adjacent to an activating group) is 1. The molecule has 0 radical (unpaired) electrons. The molecule has 2 aromatic heterocycles. The Labute approximate surface area is 119 Å². The van der Waals surface area contributed by atoms with E-state index >= 15 is 0 Å². The SMILES string of the molecule is CCN(CC)CCNC(C)c1cnc2ccsc2c1. The summed E-state index contributed by atoms with van der Waals surface area (Å²) in [7, 11) is 0. The van der Waals surface area contributed by atoms with E-state index in [1.807, 2.05) is 6.20 Å². The molecule has 2 heterocycles. The van der Waals surface area contributed by atoms with Crippen molar-refractivity contribution in [2.75, 3.05) is 26.2 Å². The molecule has 4 heteroatoms. The van der Waals surface area contributed by atoms with Gasteiger partial charge in [0.05, 0.1) is 10.2 Å². The predicted octanol–water partition coefficient (Wildman–Crippen LogP) is 3.29. The van der Waals surface area contributed by atoms with E-state index in [2.05, 4.69) is 53.5 Å². The summed E-state index contributed by atoms with van der Waals surface area (Å²) in [6.07, 6.45) is 1.99. The number of nitrogens with zero attached hydrogens (tertiary/aromatic N) is 2. The van der Waals surface area contributed by atoms with Crippen molar-refractivity contribution in [3.8, 4) is 0 Å². The van der Waals surface area contributed by atoms with Crippen LogP contribution in [-0.4, -0.2) is 36.1 Å². The first-order valence-electron chi connectivity index (χ1n) is 7.03. The molecule has 2 aromatic rings. The second-order valence-electron chi connectivity index (χ2n) is 4.78. The molecule has 0 saturated heterocycles. The van der Waals surface area contributed by atoms with E-state index in [1.54, 1.807) is 11.3 Å². The minimum atomic E-state index is 0.356. The largest absolute Gasteiger partial charge is 0.309 e. The molecule has 0 saturated carbocycles. The fourth-order valence-corrected chi connectivity index (χ4v) is 2.98. The zero-order valence-electron chi connectivity index (χ0n) is 12.0. The Morgan fingerprint density at radius 1 is 1.37 bits per heavy atom. The number of hydrogen-bond acceptors (Lipinski definition) is 4. The molecule has 0 fully saturated rings.